The summed E-state index contributed by atoms with van der Waals surface area (Å²) in [5.74, 6) is -0.0942. The Morgan fingerprint density at radius 3 is 2.87 bits per heavy atom. The smallest absolute Gasteiger partial charge is 0.338 e. The van der Waals surface area contributed by atoms with Crippen LogP contribution < -0.4 is 5.32 Å². The monoisotopic (exact) mass is 507 g/mol. The third kappa shape index (κ3) is 5.06. The largest absolute Gasteiger partial charge is 0.463 e. The highest BCUT2D eigenvalue weighted by Crippen LogP contribution is 2.37. The van der Waals surface area contributed by atoms with Crippen molar-refractivity contribution in [3.8, 4) is 0 Å². The second-order valence-corrected chi connectivity index (χ2v) is 8.95. The lowest BCUT2D eigenvalue weighted by molar-refractivity contribution is -0.139. The van der Waals surface area contributed by atoms with Gasteiger partial charge in [-0.1, -0.05) is 28.1 Å². The molecule has 3 heterocycles. The minimum absolute atomic E-state index is 0.256. The number of ether oxygens (including phenoxy) is 2. The molecular weight excluding hydrogens is 485 g/mol. The summed E-state index contributed by atoms with van der Waals surface area (Å²) in [7, 11) is 0. The summed E-state index contributed by atoms with van der Waals surface area (Å²) < 4.78 is 25.2. The molecule has 2 aromatic rings. The summed E-state index contributed by atoms with van der Waals surface area (Å²) >= 11 is 5.02. The molecule has 0 bridgehead atoms. The van der Waals surface area contributed by atoms with E-state index < -0.39 is 12.0 Å². The van der Waals surface area contributed by atoms with E-state index in [1.807, 2.05) is 17.5 Å². The second-order valence-electron chi connectivity index (χ2n) is 7.15. The van der Waals surface area contributed by atoms with Crippen LogP contribution in [0.25, 0.3) is 0 Å². The number of esters is 1. The van der Waals surface area contributed by atoms with E-state index in [1.54, 1.807) is 24.3 Å². The fraction of sp³-hybridized carbons (Fsp3) is 0.364. The standard InChI is InChI=1S/C22H23BrFN3O3S/c1-2-30-22(28)19-17(13-27-7-9-29-10-8-27)25-21(18-4-3-11-31-18)26-20(19)15-6-5-14(24)12-16(15)23/h3-6,11-12,20H,2,7-10,13H2,1H3,(H,25,26). The Morgan fingerprint density at radius 1 is 1.39 bits per heavy atom. The van der Waals surface area contributed by atoms with Crippen molar-refractivity contribution in [2.45, 2.75) is 13.0 Å². The Labute approximate surface area is 192 Å². The van der Waals surface area contributed by atoms with Crippen LogP contribution in [-0.2, 0) is 14.3 Å². The quantitative estimate of drug-likeness (QED) is 0.601. The SMILES string of the molecule is CCOC(=O)C1=C(CN2CCOCC2)NC(c2cccs2)=NC1c1ccc(F)cc1Br. The lowest BCUT2D eigenvalue weighted by Gasteiger charge is -2.32. The van der Waals surface area contributed by atoms with Crippen LogP contribution >= 0.6 is 27.3 Å². The number of carbonyl (C=O) groups is 1. The van der Waals surface area contributed by atoms with E-state index in [4.69, 9.17) is 14.5 Å². The number of nitrogens with one attached hydrogen (secondary N) is 1. The molecule has 31 heavy (non-hydrogen) atoms. The molecule has 1 fully saturated rings. The van der Waals surface area contributed by atoms with E-state index >= 15 is 0 Å². The molecule has 1 saturated heterocycles. The topological polar surface area (TPSA) is 63.2 Å². The number of halogens is 2. The lowest BCUT2D eigenvalue weighted by Crippen LogP contribution is -2.43. The molecule has 9 heteroatoms. The molecule has 1 aromatic heterocycles. The fourth-order valence-corrected chi connectivity index (χ4v) is 4.88. The van der Waals surface area contributed by atoms with E-state index in [1.165, 1.54) is 12.1 Å². The van der Waals surface area contributed by atoms with Gasteiger partial charge in [0.2, 0.25) is 0 Å². The van der Waals surface area contributed by atoms with Gasteiger partial charge in [-0.25, -0.2) is 9.18 Å². The average Bonchev–Trinajstić information content (AvgIpc) is 3.29. The number of benzene rings is 1. The van der Waals surface area contributed by atoms with Gasteiger partial charge in [-0.15, -0.1) is 11.3 Å². The van der Waals surface area contributed by atoms with Crippen LogP contribution in [-0.4, -0.2) is 56.2 Å². The normalized spacial score (nSPS) is 19.7. The zero-order valence-corrected chi connectivity index (χ0v) is 19.5. The minimum Gasteiger partial charge on any atom is -0.463 e. The molecule has 2 aliphatic heterocycles. The van der Waals surface area contributed by atoms with Crippen LogP contribution in [0.2, 0.25) is 0 Å². The summed E-state index contributed by atoms with van der Waals surface area (Å²) in [6.45, 7) is 5.43. The van der Waals surface area contributed by atoms with Crippen molar-refractivity contribution >= 4 is 39.1 Å². The van der Waals surface area contributed by atoms with Gasteiger partial charge < -0.3 is 14.8 Å². The van der Waals surface area contributed by atoms with Crippen molar-refractivity contribution in [2.24, 2.45) is 4.99 Å². The van der Waals surface area contributed by atoms with Crippen molar-refractivity contribution in [1.82, 2.24) is 10.2 Å². The summed E-state index contributed by atoms with van der Waals surface area (Å²) in [6, 6.07) is 7.75. The van der Waals surface area contributed by atoms with Gasteiger partial charge in [0.1, 0.15) is 17.7 Å². The summed E-state index contributed by atoms with van der Waals surface area (Å²) in [5.41, 5.74) is 1.90. The first-order chi connectivity index (χ1) is 15.1. The number of hydrogen-bond donors (Lipinski definition) is 1. The predicted molar refractivity (Wildman–Crippen MR) is 122 cm³/mol. The molecular formula is C22H23BrFN3O3S. The van der Waals surface area contributed by atoms with Crippen LogP contribution in [0.5, 0.6) is 0 Å². The number of amidine groups is 1. The van der Waals surface area contributed by atoms with Gasteiger partial charge in [0.25, 0.3) is 0 Å². The number of thiophene rings is 1. The van der Waals surface area contributed by atoms with Crippen molar-refractivity contribution in [1.29, 1.82) is 0 Å². The molecule has 4 rings (SSSR count). The number of carbonyl (C=O) groups excluding carboxylic acids is 1. The van der Waals surface area contributed by atoms with E-state index in [0.29, 0.717) is 41.2 Å². The summed E-state index contributed by atoms with van der Waals surface area (Å²) in [4.78, 5) is 21.2. The van der Waals surface area contributed by atoms with Gasteiger partial charge in [0.15, 0.2) is 0 Å². The lowest BCUT2D eigenvalue weighted by atomic mass is 9.95. The van der Waals surface area contributed by atoms with Crippen LogP contribution in [0.3, 0.4) is 0 Å². The van der Waals surface area contributed by atoms with Crippen LogP contribution in [0.4, 0.5) is 4.39 Å². The maximum atomic E-state index is 13.8. The molecule has 0 spiro atoms. The van der Waals surface area contributed by atoms with E-state index in [9.17, 15) is 9.18 Å². The zero-order valence-electron chi connectivity index (χ0n) is 17.1. The third-order valence-corrected chi connectivity index (χ3v) is 6.68. The molecule has 6 nitrogen and oxygen atoms in total. The minimum atomic E-state index is -0.622. The highest BCUT2D eigenvalue weighted by molar-refractivity contribution is 9.10. The molecule has 1 atom stereocenters. The van der Waals surface area contributed by atoms with Gasteiger partial charge in [0.05, 0.1) is 30.3 Å². The first-order valence-electron chi connectivity index (χ1n) is 10.1. The molecule has 164 valence electrons. The fourth-order valence-electron chi connectivity index (χ4n) is 3.64. The number of aliphatic imine (C=N–C) groups is 1. The highest BCUT2D eigenvalue weighted by atomic mass is 79.9. The molecule has 0 radical (unpaired) electrons. The molecule has 0 saturated carbocycles. The molecule has 1 unspecified atom stereocenters. The Morgan fingerprint density at radius 2 is 2.19 bits per heavy atom. The highest BCUT2D eigenvalue weighted by Gasteiger charge is 2.34. The van der Waals surface area contributed by atoms with Gasteiger partial charge in [-0.2, -0.15) is 0 Å². The van der Waals surface area contributed by atoms with Gasteiger partial charge in [-0.3, -0.25) is 9.89 Å². The Kier molecular flexibility index (Phi) is 7.16. The van der Waals surface area contributed by atoms with Crippen LogP contribution in [0.1, 0.15) is 23.4 Å². The molecule has 0 amide bonds. The summed E-state index contributed by atoms with van der Waals surface area (Å²) in [6.07, 6.45) is 0. The Bertz CT molecular complexity index is 1000. The van der Waals surface area contributed by atoms with Gasteiger partial charge >= 0.3 is 5.97 Å². The zero-order chi connectivity index (χ0) is 21.8. The number of morpholine rings is 1. The molecule has 1 aromatic carbocycles. The number of nitrogens with zero attached hydrogens (tertiary/aromatic N) is 2. The van der Waals surface area contributed by atoms with Crippen molar-refractivity contribution < 1.29 is 18.7 Å². The van der Waals surface area contributed by atoms with E-state index in [2.05, 4.69) is 26.1 Å². The van der Waals surface area contributed by atoms with Crippen molar-refractivity contribution in [3.05, 3.63) is 67.7 Å². The van der Waals surface area contributed by atoms with Gasteiger partial charge in [-0.05, 0) is 36.1 Å². The maximum absolute atomic E-state index is 13.8. The first-order valence-corrected chi connectivity index (χ1v) is 11.8. The molecule has 2 aliphatic rings. The average molecular weight is 508 g/mol. The molecule has 0 aliphatic carbocycles. The Balaban J connectivity index is 1.81. The van der Waals surface area contributed by atoms with Crippen LogP contribution in [0, 0.1) is 5.82 Å². The first kappa shape index (κ1) is 22.1. The summed E-state index contributed by atoms with van der Waals surface area (Å²) in [5, 5.41) is 5.37. The maximum Gasteiger partial charge on any atom is 0.338 e. The van der Waals surface area contributed by atoms with E-state index in [0.717, 1.165) is 23.7 Å². The van der Waals surface area contributed by atoms with Crippen LogP contribution in [0.15, 0.2) is 56.4 Å². The predicted octanol–water partition coefficient (Wildman–Crippen LogP) is 3.89. The van der Waals surface area contributed by atoms with Crippen molar-refractivity contribution in [2.75, 3.05) is 39.5 Å². The van der Waals surface area contributed by atoms with Gasteiger partial charge in [0, 0.05) is 29.8 Å². The number of hydrogen-bond acceptors (Lipinski definition) is 7. The third-order valence-electron chi connectivity index (χ3n) is 5.12. The second kappa shape index (κ2) is 10.0. The van der Waals surface area contributed by atoms with E-state index in [-0.39, 0.29) is 12.4 Å². The molecule has 1 N–H and O–H groups in total. The number of rotatable bonds is 6. The van der Waals surface area contributed by atoms with Crippen molar-refractivity contribution in [3.63, 3.8) is 0 Å². The Hall–Kier alpha value is -2.07.